The number of ether oxygens (including phenoxy) is 9. The Morgan fingerprint density at radius 2 is 0.670 bits per heavy atom. The van der Waals surface area contributed by atoms with Crippen molar-refractivity contribution in [2.45, 2.75) is 0 Å². The lowest BCUT2D eigenvalue weighted by atomic mass is 10.1. The summed E-state index contributed by atoms with van der Waals surface area (Å²) in [5, 5.41) is 35.2. The Morgan fingerprint density at radius 1 is 0.376 bits per heavy atom. The van der Waals surface area contributed by atoms with Crippen molar-refractivity contribution in [2.24, 2.45) is 0 Å². The number of aliphatic hydroxyl groups is 1. The minimum absolute atomic E-state index is 0.150. The molecule has 4 aromatic heterocycles. The van der Waals surface area contributed by atoms with Crippen molar-refractivity contribution in [2.75, 3.05) is 143 Å². The standard InChI is InChI=1S/C32H36N6O6.C24H18N4O6.C10H12O4.C7H8N2O2.C4H11NO/c1-37(2)11-13-43-31(39)19-7-9-23-25(15-19)35-29(33-23)21-17-28(42-6)22(18-27(21)41-5)30-34-24-10-8-20(16-26(24)36-30)32(40)44-14-12-38(3)4;1-33-19-9-14(22-26-16-6-4-12(24(31)32)8-18(16)28-22)20(34-2)10-13(19)21-25-15-5-3-11(23(29)30)7-17(15)27-21;1-12-8-5-10(14-3)9(13-2)4-7(8)6-11;8-5-2-1-4(7(10)11)3-6(5)9;1-5(2)3-4-6/h7-10,15-18H,11-14H2,1-6H3,(H,33,35)(H,34,36);3-10H,1-2H3,(H,25,27)(H,26,28)(H,29,30)(H,31,32);4-6H,1-3H3;1-3H,8-9H2,(H,10,11);6H,3-4H2,1-2H3. The van der Waals surface area contributed by atoms with Crippen LogP contribution in [0.5, 0.6) is 40.2 Å². The maximum absolute atomic E-state index is 12.5. The SMILES string of the molecule is CN(C)CCO.COc1cc(-c2nc3ccc(C(=O)O)cc3[nH]2)c(OC)cc1-c1nc2ccc(C(=O)O)cc2[nH]1.COc1cc(-c2nc3ccc(C(=O)OCCN(C)C)cc3[nH]2)c(OC)cc1-c1nc2ccc(C(=O)OCCN(C)C)cc2[nH]1.COc1cc(OC)c(OC)cc1C=O.Nc1ccc(C(=O)O)cc1N. The zero-order chi connectivity index (χ0) is 79.3. The Kier molecular flexibility index (Phi) is 28.1. The van der Waals surface area contributed by atoms with Crippen LogP contribution in [0, 0.1) is 0 Å². The second-order valence-corrected chi connectivity index (χ2v) is 24.5. The Hall–Kier alpha value is -13.3. The van der Waals surface area contributed by atoms with Crippen LogP contribution in [0.25, 0.3) is 89.7 Å². The van der Waals surface area contributed by atoms with E-state index in [0.717, 1.165) is 6.54 Å². The summed E-state index contributed by atoms with van der Waals surface area (Å²) in [4.78, 5) is 106. The Labute approximate surface area is 625 Å². The van der Waals surface area contributed by atoms with Gasteiger partial charge in [-0.2, -0.15) is 0 Å². The summed E-state index contributed by atoms with van der Waals surface area (Å²) in [5.74, 6) is 1.77. The van der Waals surface area contributed by atoms with Crippen LogP contribution in [0.1, 0.15) is 62.1 Å². The smallest absolute Gasteiger partial charge is 0.338 e. The number of anilines is 2. The van der Waals surface area contributed by atoms with Gasteiger partial charge in [-0.05, 0) is 164 Å². The largest absolute Gasteiger partial charge is 0.496 e. The van der Waals surface area contributed by atoms with Gasteiger partial charge in [0, 0.05) is 25.7 Å². The van der Waals surface area contributed by atoms with E-state index < -0.39 is 29.8 Å². The number of nitrogen functional groups attached to an aromatic ring is 2. The molecule has 0 amide bonds. The van der Waals surface area contributed by atoms with Gasteiger partial charge in [0.2, 0.25) is 0 Å². The summed E-state index contributed by atoms with van der Waals surface area (Å²) in [6.45, 7) is 2.91. The van der Waals surface area contributed by atoms with Crippen LogP contribution in [0.15, 0.2) is 127 Å². The van der Waals surface area contributed by atoms with E-state index in [2.05, 4.69) is 29.9 Å². The number of likely N-dealkylation sites (N-methyl/N-ethyl adjacent to an activating group) is 3. The molecule has 572 valence electrons. The van der Waals surface area contributed by atoms with Gasteiger partial charge >= 0.3 is 29.8 Å². The van der Waals surface area contributed by atoms with Crippen molar-refractivity contribution in [1.82, 2.24) is 54.6 Å². The van der Waals surface area contributed by atoms with Gasteiger partial charge in [-0.25, -0.2) is 43.9 Å². The fourth-order valence-electron chi connectivity index (χ4n) is 10.5. The molecule has 0 saturated carbocycles. The topological polar surface area (TPSA) is 443 Å². The van der Waals surface area contributed by atoms with Gasteiger partial charge in [0.05, 0.1) is 168 Å². The van der Waals surface area contributed by atoms with E-state index in [0.29, 0.717) is 191 Å². The van der Waals surface area contributed by atoms with Crippen molar-refractivity contribution in [3.05, 3.63) is 161 Å². The van der Waals surface area contributed by atoms with Crippen molar-refractivity contribution < 1.29 is 91.8 Å². The van der Waals surface area contributed by atoms with Crippen molar-refractivity contribution in [3.8, 4) is 85.8 Å². The van der Waals surface area contributed by atoms with Crippen molar-refractivity contribution in [3.63, 3.8) is 0 Å². The van der Waals surface area contributed by atoms with Gasteiger partial charge in [-0.15, -0.1) is 0 Å². The molecule has 0 fully saturated rings. The molecule has 4 heterocycles. The van der Waals surface area contributed by atoms with E-state index in [9.17, 15) is 39.0 Å². The highest BCUT2D eigenvalue weighted by atomic mass is 16.5. The molecule has 0 aliphatic carbocycles. The van der Waals surface area contributed by atoms with Gasteiger partial charge in [0.15, 0.2) is 17.8 Å². The molecule has 0 spiro atoms. The molecule has 12 aromatic rings. The Bertz CT molecular complexity index is 4990. The van der Waals surface area contributed by atoms with Crippen LogP contribution in [-0.4, -0.2) is 243 Å². The number of fused-ring (bicyclic) bond motifs is 4. The zero-order valence-corrected chi connectivity index (χ0v) is 62.1. The monoisotopic (exact) mass is 1500 g/mol. The number of rotatable bonds is 25. The molecule has 12 rings (SSSR count). The number of aldehydes is 1. The van der Waals surface area contributed by atoms with Crippen molar-refractivity contribution >= 4 is 91.6 Å². The fourth-order valence-corrected chi connectivity index (χ4v) is 10.5. The number of hydrogen-bond acceptors (Lipinski definition) is 25. The number of imidazole rings is 4. The van der Waals surface area contributed by atoms with Gasteiger partial charge in [0.1, 0.15) is 65.3 Å². The maximum atomic E-state index is 12.5. The first-order valence-corrected chi connectivity index (χ1v) is 33.2. The lowest BCUT2D eigenvalue weighted by Crippen LogP contribution is -2.20. The normalized spacial score (nSPS) is 10.8. The molecule has 0 atom stereocenters. The number of carbonyl (C=O) groups is 6. The van der Waals surface area contributed by atoms with Crippen LogP contribution >= 0.6 is 0 Å². The van der Waals surface area contributed by atoms with Crippen LogP contribution < -0.4 is 44.6 Å². The van der Waals surface area contributed by atoms with E-state index in [-0.39, 0.29) is 23.3 Å². The van der Waals surface area contributed by atoms with E-state index in [1.807, 2.05) is 69.1 Å². The third-order valence-electron chi connectivity index (χ3n) is 16.2. The molecule has 32 nitrogen and oxygen atoms in total. The number of H-pyrrole nitrogens is 4. The summed E-state index contributed by atoms with van der Waals surface area (Å²) in [7, 11) is 22.3. The third-order valence-corrected chi connectivity index (χ3v) is 16.2. The second-order valence-electron chi connectivity index (χ2n) is 24.5. The number of methoxy groups -OCH3 is 7. The van der Waals surface area contributed by atoms with Crippen LogP contribution in [0.4, 0.5) is 11.4 Å². The molecular formula is C77H85N13O19. The predicted molar refractivity (Wildman–Crippen MR) is 410 cm³/mol. The number of esters is 2. The number of nitrogens with zero attached hydrogens (tertiary/aromatic N) is 7. The van der Waals surface area contributed by atoms with Crippen molar-refractivity contribution in [1.29, 1.82) is 0 Å². The Morgan fingerprint density at radius 3 is 0.945 bits per heavy atom. The molecule has 12 N–H and O–H groups in total. The maximum Gasteiger partial charge on any atom is 0.338 e. The second kappa shape index (κ2) is 37.6. The van der Waals surface area contributed by atoms with Gasteiger partial charge in [-0.3, -0.25) is 4.79 Å². The summed E-state index contributed by atoms with van der Waals surface area (Å²) >= 11 is 0. The number of carbonyl (C=O) groups excluding carboxylic acids is 3. The molecule has 8 aromatic carbocycles. The number of aliphatic hydroxyl groups excluding tert-OH is 1. The number of aromatic carboxylic acids is 3. The number of benzene rings is 8. The molecule has 0 aliphatic heterocycles. The third kappa shape index (κ3) is 20.6. The minimum Gasteiger partial charge on any atom is -0.496 e. The highest BCUT2D eigenvalue weighted by Crippen LogP contribution is 2.43. The first-order chi connectivity index (χ1) is 52.2. The fraction of sp³-hybridized carbons (Fsp3) is 0.247. The number of carboxylic acids is 3. The average Bonchev–Trinajstić information content (AvgIpc) is 1.66. The van der Waals surface area contributed by atoms with Crippen LogP contribution in [-0.2, 0) is 9.47 Å². The molecular weight excluding hydrogens is 1410 g/mol. The molecule has 0 bridgehead atoms. The number of nitrogens with two attached hydrogens (primary N) is 2. The predicted octanol–water partition coefficient (Wildman–Crippen LogP) is 10.0. The Balaban J connectivity index is 0.000000200. The highest BCUT2D eigenvalue weighted by molar-refractivity contribution is 5.98. The summed E-state index contributed by atoms with van der Waals surface area (Å²) in [6, 6.07) is 34.2. The van der Waals surface area contributed by atoms with E-state index in [1.165, 1.54) is 78.0 Å². The number of carboxylic acid groups (broad SMARTS) is 3. The lowest BCUT2D eigenvalue weighted by Gasteiger charge is -2.12. The summed E-state index contributed by atoms with van der Waals surface area (Å²) in [6.07, 6.45) is 0.709. The quantitative estimate of drug-likeness (QED) is 0.0144. The molecule has 0 saturated heterocycles. The van der Waals surface area contributed by atoms with E-state index >= 15 is 0 Å². The average molecular weight is 1500 g/mol. The van der Waals surface area contributed by atoms with Gasteiger partial charge in [0.25, 0.3) is 0 Å². The van der Waals surface area contributed by atoms with Crippen LogP contribution in [0.2, 0.25) is 0 Å². The van der Waals surface area contributed by atoms with Gasteiger partial charge < -0.3 is 109 Å². The van der Waals surface area contributed by atoms with E-state index in [1.54, 1.807) is 87.0 Å². The molecule has 0 unspecified atom stereocenters. The number of nitrogens with one attached hydrogen (secondary N) is 4. The highest BCUT2D eigenvalue weighted by Gasteiger charge is 2.24. The number of aromatic amines is 4. The first kappa shape index (κ1) is 81.4. The molecule has 0 radical (unpaired) electrons. The van der Waals surface area contributed by atoms with E-state index in [4.69, 9.17) is 74.3 Å². The summed E-state index contributed by atoms with van der Waals surface area (Å²) < 4.78 is 48.6. The number of aromatic nitrogens is 8. The number of hydrogen-bond donors (Lipinski definition) is 10. The van der Waals surface area contributed by atoms with Gasteiger partial charge in [-0.1, -0.05) is 0 Å². The molecule has 0 aliphatic rings. The minimum atomic E-state index is -1.03. The zero-order valence-electron chi connectivity index (χ0n) is 62.1. The molecule has 109 heavy (non-hydrogen) atoms. The first-order valence-electron chi connectivity index (χ1n) is 33.2. The lowest BCUT2D eigenvalue weighted by molar-refractivity contribution is 0.0472. The van der Waals surface area contributed by atoms with Crippen LogP contribution in [0.3, 0.4) is 0 Å². The summed E-state index contributed by atoms with van der Waals surface area (Å²) in [5.41, 5.74) is 20.8. The molecule has 32 heteroatoms.